The van der Waals surface area contributed by atoms with Gasteiger partial charge in [0.15, 0.2) is 5.65 Å². The number of nitrogens with zero attached hydrogens (tertiary/aromatic N) is 3. The molecule has 0 amide bonds. The minimum absolute atomic E-state index is 0.489. The molecule has 5 heteroatoms. The molecule has 2 aromatic heterocycles. The second-order valence-electron chi connectivity index (χ2n) is 4.85. The third kappa shape index (κ3) is 1.95. The van der Waals surface area contributed by atoms with Gasteiger partial charge < -0.3 is 10.1 Å². The maximum Gasteiger partial charge on any atom is 0.159 e. The molecule has 3 rings (SSSR count). The molecule has 1 saturated heterocycles. The van der Waals surface area contributed by atoms with E-state index < -0.39 is 0 Å². The highest BCUT2D eigenvalue weighted by Gasteiger charge is 2.17. The normalized spacial score (nSPS) is 17.2. The summed E-state index contributed by atoms with van der Waals surface area (Å²) >= 11 is 0. The first-order valence-corrected chi connectivity index (χ1v) is 6.37. The van der Waals surface area contributed by atoms with Crippen LogP contribution >= 0.6 is 0 Å². The van der Waals surface area contributed by atoms with Crippen LogP contribution in [0.1, 0.15) is 18.4 Å². The number of nitrogens with one attached hydrogen (secondary N) is 1. The van der Waals surface area contributed by atoms with Gasteiger partial charge in [-0.2, -0.15) is 5.10 Å². The molecule has 96 valence electrons. The van der Waals surface area contributed by atoms with Crippen LogP contribution in [0, 0.1) is 6.92 Å². The van der Waals surface area contributed by atoms with Crippen molar-refractivity contribution >= 4 is 16.7 Å². The van der Waals surface area contributed by atoms with Gasteiger partial charge in [-0.25, -0.2) is 4.98 Å². The van der Waals surface area contributed by atoms with E-state index in [-0.39, 0.29) is 0 Å². The summed E-state index contributed by atoms with van der Waals surface area (Å²) in [5.74, 6) is 0. The average molecular weight is 246 g/mol. The zero-order valence-corrected chi connectivity index (χ0v) is 10.8. The van der Waals surface area contributed by atoms with Crippen LogP contribution in [0.4, 0.5) is 5.69 Å². The molecule has 1 N–H and O–H groups in total. The zero-order valence-electron chi connectivity index (χ0n) is 10.8. The van der Waals surface area contributed by atoms with E-state index in [0.717, 1.165) is 37.1 Å². The molecule has 5 nitrogen and oxygen atoms in total. The van der Waals surface area contributed by atoms with Gasteiger partial charge in [-0.1, -0.05) is 0 Å². The minimum atomic E-state index is 0.489. The fourth-order valence-corrected chi connectivity index (χ4v) is 2.43. The van der Waals surface area contributed by atoms with Crippen molar-refractivity contribution in [2.45, 2.75) is 25.8 Å². The number of pyridine rings is 1. The second kappa shape index (κ2) is 4.57. The monoisotopic (exact) mass is 246 g/mol. The van der Waals surface area contributed by atoms with Crippen LogP contribution in [-0.2, 0) is 11.8 Å². The lowest BCUT2D eigenvalue weighted by molar-refractivity contribution is 0.0904. The van der Waals surface area contributed by atoms with Gasteiger partial charge in [0.25, 0.3) is 0 Å². The molecule has 2 aromatic rings. The van der Waals surface area contributed by atoms with Crippen LogP contribution < -0.4 is 5.32 Å². The predicted molar refractivity (Wildman–Crippen MR) is 70.7 cm³/mol. The third-order valence-electron chi connectivity index (χ3n) is 3.52. The Morgan fingerprint density at radius 1 is 1.33 bits per heavy atom. The van der Waals surface area contributed by atoms with E-state index in [0.29, 0.717) is 6.04 Å². The van der Waals surface area contributed by atoms with E-state index in [4.69, 9.17) is 4.74 Å². The van der Waals surface area contributed by atoms with Gasteiger partial charge in [0, 0.05) is 32.5 Å². The van der Waals surface area contributed by atoms with Gasteiger partial charge in [-0.05, 0) is 25.3 Å². The Balaban J connectivity index is 1.96. The largest absolute Gasteiger partial charge is 0.381 e. The van der Waals surface area contributed by atoms with Crippen molar-refractivity contribution in [3.8, 4) is 0 Å². The Hall–Kier alpha value is -1.62. The predicted octanol–water partition coefficient (Wildman–Crippen LogP) is 1.87. The fourth-order valence-electron chi connectivity index (χ4n) is 2.43. The van der Waals surface area contributed by atoms with E-state index in [1.165, 1.54) is 11.3 Å². The highest BCUT2D eigenvalue weighted by molar-refractivity contribution is 5.90. The van der Waals surface area contributed by atoms with Crippen LogP contribution in [0.15, 0.2) is 12.4 Å². The lowest BCUT2D eigenvalue weighted by Gasteiger charge is -2.25. The van der Waals surface area contributed by atoms with Crippen molar-refractivity contribution in [2.75, 3.05) is 18.5 Å². The summed E-state index contributed by atoms with van der Waals surface area (Å²) in [4.78, 5) is 4.43. The van der Waals surface area contributed by atoms with Gasteiger partial charge in [0.1, 0.15) is 0 Å². The van der Waals surface area contributed by atoms with Crippen LogP contribution in [-0.4, -0.2) is 34.0 Å². The Morgan fingerprint density at radius 3 is 2.89 bits per heavy atom. The van der Waals surface area contributed by atoms with Crippen molar-refractivity contribution < 1.29 is 4.74 Å². The Morgan fingerprint density at radius 2 is 2.11 bits per heavy atom. The molecule has 0 aromatic carbocycles. The van der Waals surface area contributed by atoms with Gasteiger partial charge in [0.2, 0.25) is 0 Å². The lowest BCUT2D eigenvalue weighted by Crippen LogP contribution is -2.28. The van der Waals surface area contributed by atoms with Crippen molar-refractivity contribution in [3.05, 3.63) is 18.0 Å². The number of aromatic nitrogens is 3. The topological polar surface area (TPSA) is 52.0 Å². The molecule has 0 spiro atoms. The quantitative estimate of drug-likeness (QED) is 0.879. The van der Waals surface area contributed by atoms with E-state index in [2.05, 4.69) is 22.3 Å². The van der Waals surface area contributed by atoms with Crippen LogP contribution in [0.2, 0.25) is 0 Å². The molecule has 0 unspecified atom stereocenters. The van der Waals surface area contributed by atoms with Gasteiger partial charge in [0.05, 0.1) is 17.3 Å². The maximum atomic E-state index is 5.39. The number of rotatable bonds is 2. The molecule has 0 aliphatic carbocycles. The minimum Gasteiger partial charge on any atom is -0.381 e. The van der Waals surface area contributed by atoms with Crippen LogP contribution in [0.3, 0.4) is 0 Å². The number of fused-ring (bicyclic) bond motifs is 1. The number of hydrogen-bond acceptors (Lipinski definition) is 4. The third-order valence-corrected chi connectivity index (χ3v) is 3.52. The molecule has 3 heterocycles. The second-order valence-corrected chi connectivity index (χ2v) is 4.85. The SMILES string of the molecule is Cc1cnc2c(cnn2C)c1NC1CCOCC1. The molecule has 0 radical (unpaired) electrons. The van der Waals surface area contributed by atoms with Gasteiger partial charge >= 0.3 is 0 Å². The zero-order chi connectivity index (χ0) is 12.5. The van der Waals surface area contributed by atoms with Crippen molar-refractivity contribution in [2.24, 2.45) is 7.05 Å². The first kappa shape index (κ1) is 11.5. The molecule has 1 fully saturated rings. The number of hydrogen-bond donors (Lipinski definition) is 1. The molecule has 1 aliphatic heterocycles. The highest BCUT2D eigenvalue weighted by Crippen LogP contribution is 2.27. The van der Waals surface area contributed by atoms with Crippen molar-refractivity contribution in [3.63, 3.8) is 0 Å². The molecule has 0 saturated carbocycles. The average Bonchev–Trinajstić information content (AvgIpc) is 2.76. The van der Waals surface area contributed by atoms with Gasteiger partial charge in [-0.3, -0.25) is 4.68 Å². The fraction of sp³-hybridized carbons (Fsp3) is 0.538. The van der Waals surface area contributed by atoms with E-state index in [1.54, 1.807) is 0 Å². The van der Waals surface area contributed by atoms with Crippen molar-refractivity contribution in [1.29, 1.82) is 0 Å². The Bertz CT molecular complexity index is 557. The van der Waals surface area contributed by atoms with Crippen molar-refractivity contribution in [1.82, 2.24) is 14.8 Å². The molecule has 0 bridgehead atoms. The Kier molecular flexibility index (Phi) is 2.91. The number of aryl methyl sites for hydroxylation is 2. The molecule has 18 heavy (non-hydrogen) atoms. The number of ether oxygens (including phenoxy) is 1. The van der Waals surface area contributed by atoms with E-state index in [1.807, 2.05) is 24.1 Å². The first-order chi connectivity index (χ1) is 8.75. The van der Waals surface area contributed by atoms with Crippen LogP contribution in [0.5, 0.6) is 0 Å². The summed E-state index contributed by atoms with van der Waals surface area (Å²) in [6.45, 7) is 3.77. The summed E-state index contributed by atoms with van der Waals surface area (Å²) in [6.07, 6.45) is 5.91. The molecule has 1 aliphatic rings. The standard InChI is InChI=1S/C13H18N4O/c1-9-7-14-13-11(8-15-17(13)2)12(9)16-10-3-5-18-6-4-10/h7-8,10H,3-6H2,1-2H3,(H,14,16). The smallest absolute Gasteiger partial charge is 0.159 e. The molecular formula is C13H18N4O. The molecular weight excluding hydrogens is 228 g/mol. The van der Waals surface area contributed by atoms with E-state index >= 15 is 0 Å². The van der Waals surface area contributed by atoms with Gasteiger partial charge in [-0.15, -0.1) is 0 Å². The van der Waals surface area contributed by atoms with Crippen LogP contribution in [0.25, 0.3) is 11.0 Å². The first-order valence-electron chi connectivity index (χ1n) is 6.37. The van der Waals surface area contributed by atoms with E-state index in [9.17, 15) is 0 Å². The molecule has 0 atom stereocenters. The summed E-state index contributed by atoms with van der Waals surface area (Å²) < 4.78 is 7.20. The highest BCUT2D eigenvalue weighted by atomic mass is 16.5. The summed E-state index contributed by atoms with van der Waals surface area (Å²) in [6, 6.07) is 0.489. The summed E-state index contributed by atoms with van der Waals surface area (Å²) in [5, 5.41) is 9.01. The Labute approximate surface area is 106 Å². The maximum absolute atomic E-state index is 5.39. The lowest BCUT2D eigenvalue weighted by atomic mass is 10.1. The summed E-state index contributed by atoms with van der Waals surface area (Å²) in [5.41, 5.74) is 3.26. The number of anilines is 1. The summed E-state index contributed by atoms with van der Waals surface area (Å²) in [7, 11) is 1.92.